The summed E-state index contributed by atoms with van der Waals surface area (Å²) in [5, 5.41) is 2.36. The average Bonchev–Trinajstić information content (AvgIpc) is 2.36. The molecule has 5 nitrogen and oxygen atoms in total. The molecule has 0 unspecified atom stereocenters. The molecular formula is C13H16F3NO4S. The topological polar surface area (TPSA) is 72.5 Å². The molecule has 9 heteroatoms. The minimum Gasteiger partial charge on any atom is -0.359 e. The number of ether oxygens (including phenoxy) is 1. The van der Waals surface area contributed by atoms with Crippen LogP contribution in [0.2, 0.25) is 0 Å². The molecule has 0 fully saturated rings. The summed E-state index contributed by atoms with van der Waals surface area (Å²) in [5.41, 5.74) is 0.777. The molecule has 0 aromatic heterocycles. The van der Waals surface area contributed by atoms with Crippen LogP contribution in [-0.2, 0) is 19.4 Å². The van der Waals surface area contributed by atoms with Crippen molar-refractivity contribution in [3.05, 3.63) is 23.8 Å². The highest BCUT2D eigenvalue weighted by atomic mass is 32.2. The van der Waals surface area contributed by atoms with Crippen molar-refractivity contribution in [2.45, 2.75) is 31.0 Å². The zero-order valence-electron chi connectivity index (χ0n) is 12.2. The Hall–Kier alpha value is -1.61. The number of alkyl halides is 3. The monoisotopic (exact) mass is 339 g/mol. The smallest absolute Gasteiger partial charge is 0.359 e. The van der Waals surface area contributed by atoms with Gasteiger partial charge >= 0.3 is 6.18 Å². The van der Waals surface area contributed by atoms with Gasteiger partial charge < -0.3 is 10.1 Å². The number of sulfone groups is 1. The van der Waals surface area contributed by atoms with Gasteiger partial charge in [-0.15, -0.1) is 0 Å². The first-order valence-electron chi connectivity index (χ1n) is 6.20. The van der Waals surface area contributed by atoms with Crippen molar-refractivity contribution in [2.75, 3.05) is 18.2 Å². The number of amides is 1. The molecule has 0 radical (unpaired) electrons. The predicted molar refractivity (Wildman–Crippen MR) is 74.4 cm³/mol. The van der Waals surface area contributed by atoms with Gasteiger partial charge in [0.2, 0.25) is 0 Å². The molecule has 1 amide bonds. The van der Waals surface area contributed by atoms with Crippen LogP contribution < -0.4 is 5.32 Å². The minimum absolute atomic E-state index is 0.00253. The van der Waals surface area contributed by atoms with Crippen molar-refractivity contribution in [1.82, 2.24) is 0 Å². The van der Waals surface area contributed by atoms with Gasteiger partial charge in [0.25, 0.3) is 5.91 Å². The summed E-state index contributed by atoms with van der Waals surface area (Å²) >= 11 is 0. The number of benzene rings is 1. The third-order valence-electron chi connectivity index (χ3n) is 2.76. The Kier molecular flexibility index (Phi) is 5.58. The van der Waals surface area contributed by atoms with Crippen LogP contribution in [0.1, 0.15) is 12.5 Å². The van der Waals surface area contributed by atoms with Crippen LogP contribution in [0.25, 0.3) is 0 Å². The zero-order chi connectivity index (χ0) is 17.1. The lowest BCUT2D eigenvalue weighted by atomic mass is 10.2. The van der Waals surface area contributed by atoms with Crippen LogP contribution in [0.5, 0.6) is 0 Å². The number of nitrogens with one attached hydrogen (secondary N) is 1. The first-order valence-corrected chi connectivity index (χ1v) is 8.09. The number of carbonyl (C=O) groups is 1. The summed E-state index contributed by atoms with van der Waals surface area (Å²) in [4.78, 5) is 11.8. The first-order chi connectivity index (χ1) is 9.90. The third kappa shape index (κ3) is 5.64. The van der Waals surface area contributed by atoms with Crippen LogP contribution in [0.15, 0.2) is 23.1 Å². The number of rotatable bonds is 5. The largest absolute Gasteiger partial charge is 0.411 e. The van der Waals surface area contributed by atoms with Gasteiger partial charge in [-0.2, -0.15) is 13.2 Å². The zero-order valence-corrected chi connectivity index (χ0v) is 13.0. The lowest BCUT2D eigenvalue weighted by Crippen LogP contribution is -2.31. The van der Waals surface area contributed by atoms with E-state index in [1.807, 2.05) is 0 Å². The molecule has 124 valence electrons. The quantitative estimate of drug-likeness (QED) is 0.893. The van der Waals surface area contributed by atoms with Gasteiger partial charge in [0.15, 0.2) is 9.84 Å². The van der Waals surface area contributed by atoms with E-state index in [1.54, 1.807) is 6.92 Å². The van der Waals surface area contributed by atoms with E-state index in [4.69, 9.17) is 0 Å². The maximum atomic E-state index is 12.0. The molecule has 1 aromatic rings. The Morgan fingerprint density at radius 1 is 1.36 bits per heavy atom. The summed E-state index contributed by atoms with van der Waals surface area (Å²) in [6, 6.07) is 4.12. The van der Waals surface area contributed by atoms with Crippen molar-refractivity contribution in [1.29, 1.82) is 0 Å². The van der Waals surface area contributed by atoms with Crippen molar-refractivity contribution in [2.24, 2.45) is 0 Å². The average molecular weight is 339 g/mol. The van der Waals surface area contributed by atoms with E-state index in [1.165, 1.54) is 25.1 Å². The van der Waals surface area contributed by atoms with E-state index in [0.29, 0.717) is 5.56 Å². The predicted octanol–water partition coefficient (Wildman–Crippen LogP) is 2.30. The van der Waals surface area contributed by atoms with Crippen LogP contribution >= 0.6 is 0 Å². The van der Waals surface area contributed by atoms with Crippen LogP contribution in [0, 0.1) is 6.92 Å². The lowest BCUT2D eigenvalue weighted by Gasteiger charge is -2.16. The first kappa shape index (κ1) is 18.4. The highest BCUT2D eigenvalue weighted by Gasteiger charge is 2.30. The maximum absolute atomic E-state index is 12.0. The summed E-state index contributed by atoms with van der Waals surface area (Å²) in [6.07, 6.45) is -4.85. The van der Waals surface area contributed by atoms with Gasteiger partial charge in [-0.1, -0.05) is 6.07 Å². The van der Waals surface area contributed by atoms with Gasteiger partial charge in [0.1, 0.15) is 12.7 Å². The van der Waals surface area contributed by atoms with Gasteiger partial charge in [-0.3, -0.25) is 4.79 Å². The number of halogens is 3. The normalized spacial score (nSPS) is 13.7. The fourth-order valence-electron chi connectivity index (χ4n) is 1.50. The van der Waals surface area contributed by atoms with Crippen molar-refractivity contribution in [3.63, 3.8) is 0 Å². The van der Waals surface area contributed by atoms with E-state index in [0.717, 1.165) is 6.26 Å². The highest BCUT2D eigenvalue weighted by molar-refractivity contribution is 7.90. The van der Waals surface area contributed by atoms with Crippen LogP contribution in [-0.4, -0.2) is 39.5 Å². The summed E-state index contributed by atoms with van der Waals surface area (Å²) in [6.45, 7) is 1.27. The van der Waals surface area contributed by atoms with Gasteiger partial charge in [0, 0.05) is 11.9 Å². The molecule has 0 aliphatic carbocycles. The Morgan fingerprint density at radius 3 is 2.45 bits per heavy atom. The molecule has 1 rings (SSSR count). The Labute approximate surface area is 126 Å². The molecule has 0 bridgehead atoms. The van der Waals surface area contributed by atoms with Gasteiger partial charge in [-0.05, 0) is 31.5 Å². The standard InChI is InChI=1S/C13H16F3NO4S/c1-8-4-5-10(22(3,19)20)6-11(8)17-12(18)9(2)21-7-13(14,15)16/h4-6,9H,7H2,1-3H3,(H,17,18)/t9-/m1/s1. The Morgan fingerprint density at radius 2 is 1.95 bits per heavy atom. The van der Waals surface area contributed by atoms with Gasteiger partial charge in [-0.25, -0.2) is 8.42 Å². The highest BCUT2D eigenvalue weighted by Crippen LogP contribution is 2.21. The van der Waals surface area contributed by atoms with E-state index in [9.17, 15) is 26.4 Å². The molecule has 1 atom stereocenters. The SMILES string of the molecule is Cc1ccc(S(C)(=O)=O)cc1NC(=O)[C@@H](C)OCC(F)(F)F. The molecule has 1 aromatic carbocycles. The Balaban J connectivity index is 2.84. The fraction of sp³-hybridized carbons (Fsp3) is 0.462. The van der Waals surface area contributed by atoms with Crippen molar-refractivity contribution in [3.8, 4) is 0 Å². The second-order valence-electron chi connectivity index (χ2n) is 4.81. The van der Waals surface area contributed by atoms with E-state index in [2.05, 4.69) is 10.1 Å². The number of carbonyl (C=O) groups excluding carboxylic acids is 1. The number of hydrogen-bond donors (Lipinski definition) is 1. The van der Waals surface area contributed by atoms with E-state index < -0.39 is 34.6 Å². The van der Waals surface area contributed by atoms with Crippen molar-refractivity contribution < 1.29 is 31.1 Å². The van der Waals surface area contributed by atoms with E-state index >= 15 is 0 Å². The fourth-order valence-corrected chi connectivity index (χ4v) is 2.14. The summed E-state index contributed by atoms with van der Waals surface area (Å²) in [5.74, 6) is -0.794. The Bertz CT molecular complexity index is 656. The van der Waals surface area contributed by atoms with Gasteiger partial charge in [0.05, 0.1) is 4.90 Å². The second-order valence-corrected chi connectivity index (χ2v) is 6.82. The number of anilines is 1. The van der Waals surface area contributed by atoms with Crippen LogP contribution in [0.3, 0.4) is 0 Å². The maximum Gasteiger partial charge on any atom is 0.411 e. The molecule has 0 aliphatic rings. The molecule has 0 heterocycles. The minimum atomic E-state index is -4.53. The summed E-state index contributed by atoms with van der Waals surface area (Å²) in [7, 11) is -3.46. The third-order valence-corrected chi connectivity index (χ3v) is 3.87. The summed E-state index contributed by atoms with van der Waals surface area (Å²) < 4.78 is 63.4. The van der Waals surface area contributed by atoms with Crippen LogP contribution in [0.4, 0.5) is 18.9 Å². The number of hydrogen-bond acceptors (Lipinski definition) is 4. The van der Waals surface area contributed by atoms with Crippen molar-refractivity contribution >= 4 is 21.4 Å². The molecule has 0 spiro atoms. The molecule has 0 aliphatic heterocycles. The second kappa shape index (κ2) is 6.66. The molecule has 0 saturated heterocycles. The number of aryl methyl sites for hydroxylation is 1. The lowest BCUT2D eigenvalue weighted by molar-refractivity contribution is -0.184. The molecular weight excluding hydrogens is 323 g/mol. The van der Waals surface area contributed by atoms with E-state index in [-0.39, 0.29) is 10.6 Å². The molecule has 22 heavy (non-hydrogen) atoms. The molecule has 1 N–H and O–H groups in total. The molecule has 0 saturated carbocycles.